The van der Waals surface area contributed by atoms with Crippen LogP contribution in [0.5, 0.6) is 0 Å². The maximum atomic E-state index is 14.0. The number of halogens is 1. The van der Waals surface area contributed by atoms with Crippen LogP contribution in [0.4, 0.5) is 10.1 Å². The van der Waals surface area contributed by atoms with Gasteiger partial charge in [-0.25, -0.2) is 9.07 Å². The molecule has 1 N–H and O–H groups in total. The van der Waals surface area contributed by atoms with Crippen molar-refractivity contribution in [1.82, 2.24) is 14.8 Å². The molecule has 8 heteroatoms. The molecule has 0 aliphatic heterocycles. The van der Waals surface area contributed by atoms with Gasteiger partial charge in [0.15, 0.2) is 0 Å². The van der Waals surface area contributed by atoms with Crippen molar-refractivity contribution in [1.29, 1.82) is 0 Å². The molecule has 4 aromatic rings. The molecule has 0 aliphatic carbocycles. The molecule has 6 nitrogen and oxygen atoms in total. The minimum Gasteiger partial charge on any atom is -0.360 e. The van der Waals surface area contributed by atoms with Crippen molar-refractivity contribution in [3.8, 4) is 11.3 Å². The number of pyridine rings is 1. The highest BCUT2D eigenvalue weighted by atomic mass is 28.3. The molecule has 0 radical (unpaired) electrons. The number of rotatable bonds is 8. The van der Waals surface area contributed by atoms with E-state index >= 15 is 0 Å². The van der Waals surface area contributed by atoms with Crippen molar-refractivity contribution < 1.29 is 13.9 Å². The van der Waals surface area contributed by atoms with Gasteiger partial charge < -0.3 is 10.1 Å². The van der Waals surface area contributed by atoms with Gasteiger partial charge in [0, 0.05) is 43.7 Å². The van der Waals surface area contributed by atoms with Crippen molar-refractivity contribution in [3.63, 3.8) is 0 Å². The lowest BCUT2D eigenvalue weighted by Gasteiger charge is -2.15. The number of ether oxygens (including phenoxy) is 1. The quantitative estimate of drug-likeness (QED) is 0.265. The van der Waals surface area contributed by atoms with Crippen molar-refractivity contribution in [2.24, 2.45) is 0 Å². The molecular weight excluding hydrogens is 435 g/mol. The third-order valence-electron chi connectivity index (χ3n) is 5.27. The Bertz CT molecular complexity index is 1270. The second-order valence-corrected chi connectivity index (χ2v) is 14.7. The number of nitrogens with one attached hydrogen (secondary N) is 1. The number of hydrogen-bond acceptors (Lipinski definition) is 4. The molecule has 0 aliphatic rings. The second-order valence-electron chi connectivity index (χ2n) is 9.10. The van der Waals surface area contributed by atoms with Gasteiger partial charge in [-0.1, -0.05) is 31.8 Å². The van der Waals surface area contributed by atoms with Crippen molar-refractivity contribution >= 4 is 30.6 Å². The first kappa shape index (κ1) is 22.8. The van der Waals surface area contributed by atoms with Crippen LogP contribution >= 0.6 is 0 Å². The summed E-state index contributed by atoms with van der Waals surface area (Å²) in [6.45, 7) is 7.98. The average molecular weight is 463 g/mol. The van der Waals surface area contributed by atoms with Gasteiger partial charge in [-0.15, -0.1) is 0 Å². The Morgan fingerprint density at radius 2 is 1.94 bits per heavy atom. The van der Waals surface area contributed by atoms with Gasteiger partial charge in [0.25, 0.3) is 5.91 Å². The first-order valence-electron chi connectivity index (χ1n) is 10.9. The largest absolute Gasteiger partial charge is 0.360 e. The van der Waals surface area contributed by atoms with Gasteiger partial charge in [0.1, 0.15) is 18.2 Å². The first-order valence-corrected chi connectivity index (χ1v) is 14.6. The van der Waals surface area contributed by atoms with Crippen molar-refractivity contribution in [2.45, 2.75) is 32.4 Å². The van der Waals surface area contributed by atoms with E-state index in [4.69, 9.17) is 9.84 Å². The minimum atomic E-state index is -1.18. The average Bonchev–Trinajstić information content (AvgIpc) is 3.15. The Morgan fingerprint density at radius 3 is 2.67 bits per heavy atom. The highest BCUT2D eigenvalue weighted by Crippen LogP contribution is 2.30. The van der Waals surface area contributed by atoms with Crippen LogP contribution in [-0.4, -0.2) is 35.4 Å². The van der Waals surface area contributed by atoms with E-state index in [0.29, 0.717) is 19.0 Å². The lowest BCUT2D eigenvalue weighted by Crippen LogP contribution is -2.22. The third kappa shape index (κ3) is 5.53. The van der Waals surface area contributed by atoms with Gasteiger partial charge in [-0.2, -0.15) is 5.10 Å². The molecule has 0 fully saturated rings. The van der Waals surface area contributed by atoms with Crippen LogP contribution in [0.25, 0.3) is 22.2 Å². The lowest BCUT2D eigenvalue weighted by atomic mass is 10.1. The summed E-state index contributed by atoms with van der Waals surface area (Å²) in [4.78, 5) is 16.8. The Morgan fingerprint density at radius 1 is 1.12 bits per heavy atom. The van der Waals surface area contributed by atoms with E-state index in [0.717, 1.165) is 28.2 Å². The zero-order valence-corrected chi connectivity index (χ0v) is 20.0. The number of carbonyl (C=O) groups is 1. The van der Waals surface area contributed by atoms with Crippen LogP contribution in [0.1, 0.15) is 10.4 Å². The number of anilines is 1. The van der Waals surface area contributed by atoms with E-state index in [9.17, 15) is 9.18 Å². The predicted octanol–water partition coefficient (Wildman–Crippen LogP) is 5.80. The van der Waals surface area contributed by atoms with Crippen LogP contribution in [0, 0.1) is 5.82 Å². The standard InChI is InChI=1S/C25H27FN4O2Si/c1-33(2,3)14-13-32-17-30-23-11-10-19(28-25(31)20-8-4-5-9-22(20)26)15-21(23)24(29-30)18-7-6-12-27-16-18/h4-12,15-16H,13-14,17H2,1-3H3,(H,28,31). The molecule has 0 saturated heterocycles. The highest BCUT2D eigenvalue weighted by Gasteiger charge is 2.17. The zero-order chi connectivity index (χ0) is 23.4. The first-order chi connectivity index (χ1) is 15.8. The van der Waals surface area contributed by atoms with Crippen molar-refractivity contribution in [3.05, 3.63) is 78.4 Å². The van der Waals surface area contributed by atoms with E-state index < -0.39 is 19.8 Å². The third-order valence-corrected chi connectivity index (χ3v) is 6.98. The van der Waals surface area contributed by atoms with Crippen LogP contribution in [0.3, 0.4) is 0 Å². The molecule has 4 rings (SSSR count). The van der Waals surface area contributed by atoms with Gasteiger partial charge in [0.2, 0.25) is 0 Å². The molecule has 2 aromatic carbocycles. The van der Waals surface area contributed by atoms with E-state index in [1.165, 1.54) is 12.1 Å². The van der Waals surface area contributed by atoms with E-state index in [-0.39, 0.29) is 5.56 Å². The summed E-state index contributed by atoms with van der Waals surface area (Å²) < 4.78 is 21.8. The number of benzene rings is 2. The molecule has 0 spiro atoms. The zero-order valence-electron chi connectivity index (χ0n) is 19.0. The molecule has 0 bridgehead atoms. The molecule has 33 heavy (non-hydrogen) atoms. The maximum Gasteiger partial charge on any atom is 0.258 e. The normalized spacial score (nSPS) is 11.6. The Balaban J connectivity index is 1.64. The molecule has 0 atom stereocenters. The number of hydrogen-bond donors (Lipinski definition) is 1. The van der Waals surface area contributed by atoms with Crippen LogP contribution in [-0.2, 0) is 11.5 Å². The summed E-state index contributed by atoms with van der Waals surface area (Å²) in [7, 11) is -1.18. The SMILES string of the molecule is C[Si](C)(C)CCOCn1nc(-c2cccnc2)c2cc(NC(=O)c3ccccc3F)ccc21. The Labute approximate surface area is 193 Å². The van der Waals surface area contributed by atoms with Gasteiger partial charge in [-0.3, -0.25) is 9.78 Å². The monoisotopic (exact) mass is 462 g/mol. The summed E-state index contributed by atoms with van der Waals surface area (Å²) in [6, 6.07) is 16.3. The number of carbonyl (C=O) groups excluding carboxylic acids is 1. The number of aromatic nitrogens is 3. The van der Waals surface area contributed by atoms with E-state index in [1.807, 2.05) is 28.9 Å². The van der Waals surface area contributed by atoms with Gasteiger partial charge in [-0.05, 0) is 48.5 Å². The summed E-state index contributed by atoms with van der Waals surface area (Å²) in [5.74, 6) is -1.06. The van der Waals surface area contributed by atoms with Crippen LogP contribution in [0.15, 0.2) is 67.0 Å². The minimum absolute atomic E-state index is 0.00317. The fourth-order valence-electron chi connectivity index (χ4n) is 3.44. The van der Waals surface area contributed by atoms with E-state index in [2.05, 4.69) is 29.9 Å². The Kier molecular flexibility index (Phi) is 6.66. The van der Waals surface area contributed by atoms with Gasteiger partial charge in [0.05, 0.1) is 11.1 Å². The fraction of sp³-hybridized carbons (Fsp3) is 0.240. The Hall–Kier alpha value is -3.36. The predicted molar refractivity (Wildman–Crippen MR) is 131 cm³/mol. The number of fused-ring (bicyclic) bond motifs is 1. The summed E-state index contributed by atoms with van der Waals surface area (Å²) in [6.07, 6.45) is 3.46. The molecule has 1 amide bonds. The number of amides is 1. The van der Waals surface area contributed by atoms with Crippen molar-refractivity contribution in [2.75, 3.05) is 11.9 Å². The highest BCUT2D eigenvalue weighted by molar-refractivity contribution is 6.76. The lowest BCUT2D eigenvalue weighted by molar-refractivity contribution is 0.0818. The fourth-order valence-corrected chi connectivity index (χ4v) is 4.20. The number of nitrogens with zero attached hydrogens (tertiary/aromatic N) is 3. The smallest absolute Gasteiger partial charge is 0.258 e. The molecule has 170 valence electrons. The molecule has 0 saturated carbocycles. The summed E-state index contributed by atoms with van der Waals surface area (Å²) in [5.41, 5.74) is 3.04. The molecular formula is C25H27FN4O2Si. The summed E-state index contributed by atoms with van der Waals surface area (Å²) in [5, 5.41) is 8.42. The molecule has 2 aromatic heterocycles. The van der Waals surface area contributed by atoms with Crippen LogP contribution < -0.4 is 5.32 Å². The van der Waals surface area contributed by atoms with Gasteiger partial charge >= 0.3 is 0 Å². The topological polar surface area (TPSA) is 69.0 Å². The van der Waals surface area contributed by atoms with Crippen LogP contribution in [0.2, 0.25) is 25.7 Å². The second kappa shape index (κ2) is 9.64. The van der Waals surface area contributed by atoms with E-state index in [1.54, 1.807) is 30.6 Å². The molecule has 0 unspecified atom stereocenters. The molecule has 2 heterocycles. The summed E-state index contributed by atoms with van der Waals surface area (Å²) >= 11 is 0. The maximum absolute atomic E-state index is 14.0.